The number of nitrogens with zero attached hydrogens (tertiary/aromatic N) is 1. The first kappa shape index (κ1) is 21.4. The number of rotatable bonds is 11. The Labute approximate surface area is 162 Å². The van der Waals surface area contributed by atoms with E-state index >= 15 is 0 Å². The highest BCUT2D eigenvalue weighted by atomic mass is 35.5. The van der Waals surface area contributed by atoms with Crippen LogP contribution >= 0.6 is 11.6 Å². The number of Topliss-reactive ketones (excluding diaryl/α,β-unsaturated/α-hetero) is 1. The zero-order valence-corrected chi connectivity index (χ0v) is 16.9. The lowest BCUT2D eigenvalue weighted by Crippen LogP contribution is -2.36. The smallest absolute Gasteiger partial charge is 0.188 e. The number of carbonyl (C=O) groups excluding carboxylic acids is 1. The maximum atomic E-state index is 12.4. The van der Waals surface area contributed by atoms with Crippen molar-refractivity contribution in [2.45, 2.75) is 52.1 Å². The minimum absolute atomic E-state index is 0.00122. The van der Waals surface area contributed by atoms with Crippen LogP contribution in [0, 0.1) is 6.92 Å². The molecule has 1 atom stereocenters. The van der Waals surface area contributed by atoms with Gasteiger partial charge in [0.15, 0.2) is 5.78 Å². The first-order valence-electron chi connectivity index (χ1n) is 9.81. The Balaban J connectivity index is 1.70. The number of carbonyl (C=O) groups is 1. The Morgan fingerprint density at radius 1 is 1.27 bits per heavy atom. The van der Waals surface area contributed by atoms with Gasteiger partial charge in [-0.25, -0.2) is 0 Å². The summed E-state index contributed by atoms with van der Waals surface area (Å²) in [5, 5.41) is 0.629. The predicted molar refractivity (Wildman–Crippen MR) is 106 cm³/mol. The molecule has 0 saturated carbocycles. The molecule has 26 heavy (non-hydrogen) atoms. The summed E-state index contributed by atoms with van der Waals surface area (Å²) < 4.78 is 11.3. The summed E-state index contributed by atoms with van der Waals surface area (Å²) in [7, 11) is 0. The molecule has 0 spiro atoms. The molecule has 0 amide bonds. The lowest BCUT2D eigenvalue weighted by atomic mass is 10.1. The number of ether oxygens (including phenoxy) is 2. The van der Waals surface area contributed by atoms with Crippen molar-refractivity contribution < 1.29 is 14.3 Å². The molecule has 146 valence electrons. The summed E-state index contributed by atoms with van der Waals surface area (Å²) in [5.41, 5.74) is 1.61. The highest BCUT2D eigenvalue weighted by Crippen LogP contribution is 2.18. The van der Waals surface area contributed by atoms with E-state index in [1.165, 1.54) is 6.42 Å². The van der Waals surface area contributed by atoms with Gasteiger partial charge in [-0.05, 0) is 50.8 Å². The van der Waals surface area contributed by atoms with Crippen LogP contribution in [0.3, 0.4) is 0 Å². The van der Waals surface area contributed by atoms with E-state index in [0.717, 1.165) is 64.1 Å². The van der Waals surface area contributed by atoms with Crippen LogP contribution in [0.5, 0.6) is 0 Å². The second kappa shape index (κ2) is 11.7. The van der Waals surface area contributed by atoms with Gasteiger partial charge in [-0.2, -0.15) is 0 Å². The Bertz CT molecular complexity index is 558. The fourth-order valence-corrected chi connectivity index (χ4v) is 3.39. The summed E-state index contributed by atoms with van der Waals surface area (Å²) in [4.78, 5) is 14.8. The van der Waals surface area contributed by atoms with E-state index < -0.39 is 0 Å². The third-order valence-electron chi connectivity index (χ3n) is 4.91. The first-order chi connectivity index (χ1) is 12.6. The molecule has 2 rings (SSSR count). The van der Waals surface area contributed by atoms with Crippen LogP contribution in [0.25, 0.3) is 0 Å². The van der Waals surface area contributed by atoms with Gasteiger partial charge in [0.2, 0.25) is 0 Å². The molecule has 0 bridgehead atoms. The van der Waals surface area contributed by atoms with Gasteiger partial charge in [0.25, 0.3) is 0 Å². The molecule has 1 saturated heterocycles. The molecule has 0 aromatic heterocycles. The molecule has 1 fully saturated rings. The van der Waals surface area contributed by atoms with E-state index in [1.54, 1.807) is 6.07 Å². The zero-order chi connectivity index (χ0) is 18.8. The number of benzene rings is 1. The number of ketones is 1. The van der Waals surface area contributed by atoms with Crippen LogP contribution in [-0.2, 0) is 9.47 Å². The molecule has 0 aliphatic carbocycles. The first-order valence-corrected chi connectivity index (χ1v) is 10.2. The summed E-state index contributed by atoms with van der Waals surface area (Å²) in [6.45, 7) is 9.15. The van der Waals surface area contributed by atoms with E-state index in [0.29, 0.717) is 10.6 Å². The van der Waals surface area contributed by atoms with E-state index in [4.69, 9.17) is 21.1 Å². The number of hydrogen-bond acceptors (Lipinski definition) is 4. The van der Waals surface area contributed by atoms with Crippen molar-refractivity contribution in [3.8, 4) is 0 Å². The molecule has 1 aliphatic heterocycles. The monoisotopic (exact) mass is 381 g/mol. The Hall–Kier alpha value is -0.940. The van der Waals surface area contributed by atoms with Gasteiger partial charge in [0.05, 0.1) is 19.3 Å². The van der Waals surface area contributed by atoms with Gasteiger partial charge in [0.1, 0.15) is 6.61 Å². The maximum Gasteiger partial charge on any atom is 0.188 e. The van der Waals surface area contributed by atoms with Crippen molar-refractivity contribution in [1.82, 2.24) is 4.90 Å². The summed E-state index contributed by atoms with van der Waals surface area (Å²) in [5.74, 6) is 0.00122. The molecule has 1 aromatic carbocycles. The van der Waals surface area contributed by atoms with Crippen molar-refractivity contribution in [1.29, 1.82) is 0 Å². The van der Waals surface area contributed by atoms with Crippen LogP contribution in [0.1, 0.15) is 54.9 Å². The molecule has 1 unspecified atom stereocenters. The molecule has 1 aromatic rings. The minimum atomic E-state index is 0.00122. The average molecular weight is 382 g/mol. The second-order valence-corrected chi connectivity index (χ2v) is 7.47. The standard InChI is InChI=1S/C21H32ClNO3/c1-3-6-19(7-4-5-10-23-11-13-25-14-12-23)26-16-21(24)18-9-8-17(2)20(22)15-18/h8-9,15,19H,3-7,10-14,16H2,1-2H3. The van der Waals surface area contributed by atoms with Crippen LogP contribution < -0.4 is 0 Å². The molecule has 1 aliphatic rings. The second-order valence-electron chi connectivity index (χ2n) is 7.06. The summed E-state index contributed by atoms with van der Waals surface area (Å²) >= 11 is 6.11. The highest BCUT2D eigenvalue weighted by Gasteiger charge is 2.14. The van der Waals surface area contributed by atoms with Crippen LogP contribution in [0.4, 0.5) is 0 Å². The molecule has 4 nitrogen and oxygen atoms in total. The lowest BCUT2D eigenvalue weighted by Gasteiger charge is -2.26. The summed E-state index contributed by atoms with van der Waals surface area (Å²) in [6, 6.07) is 5.44. The number of hydrogen-bond donors (Lipinski definition) is 0. The predicted octanol–water partition coefficient (Wildman–Crippen LogP) is 4.52. The van der Waals surface area contributed by atoms with Crippen LogP contribution in [0.2, 0.25) is 5.02 Å². The topological polar surface area (TPSA) is 38.8 Å². The van der Waals surface area contributed by atoms with Crippen molar-refractivity contribution in [3.05, 3.63) is 34.3 Å². The van der Waals surface area contributed by atoms with Gasteiger partial charge in [0, 0.05) is 23.7 Å². The largest absolute Gasteiger partial charge is 0.379 e. The Morgan fingerprint density at radius 2 is 2.04 bits per heavy atom. The van der Waals surface area contributed by atoms with E-state index in [2.05, 4.69) is 11.8 Å². The fourth-order valence-electron chi connectivity index (χ4n) is 3.21. The van der Waals surface area contributed by atoms with Gasteiger partial charge in [-0.3, -0.25) is 9.69 Å². The van der Waals surface area contributed by atoms with Crippen LogP contribution in [-0.4, -0.2) is 56.2 Å². The third kappa shape index (κ3) is 7.36. The molecule has 0 radical (unpaired) electrons. The Kier molecular flexibility index (Phi) is 9.62. The van der Waals surface area contributed by atoms with Crippen molar-refractivity contribution in [3.63, 3.8) is 0 Å². The van der Waals surface area contributed by atoms with E-state index in [-0.39, 0.29) is 18.5 Å². The molecule has 0 N–H and O–H groups in total. The molecule has 5 heteroatoms. The fraction of sp³-hybridized carbons (Fsp3) is 0.667. The molecular formula is C21H32ClNO3. The number of aryl methyl sites for hydroxylation is 1. The van der Waals surface area contributed by atoms with Crippen molar-refractivity contribution >= 4 is 17.4 Å². The van der Waals surface area contributed by atoms with Gasteiger partial charge in [-0.15, -0.1) is 0 Å². The number of morpholine rings is 1. The normalized spacial score (nSPS) is 16.6. The SMILES string of the molecule is CCCC(CCCCN1CCOCC1)OCC(=O)c1ccc(C)c(Cl)c1. The van der Waals surface area contributed by atoms with Gasteiger partial charge >= 0.3 is 0 Å². The summed E-state index contributed by atoms with van der Waals surface area (Å²) in [6.07, 6.45) is 5.55. The van der Waals surface area contributed by atoms with Crippen LogP contribution in [0.15, 0.2) is 18.2 Å². The number of halogens is 1. The maximum absolute atomic E-state index is 12.4. The van der Waals surface area contributed by atoms with E-state index in [1.807, 2.05) is 19.1 Å². The van der Waals surface area contributed by atoms with Gasteiger partial charge < -0.3 is 9.47 Å². The highest BCUT2D eigenvalue weighted by molar-refractivity contribution is 6.31. The van der Waals surface area contributed by atoms with Crippen molar-refractivity contribution in [2.24, 2.45) is 0 Å². The minimum Gasteiger partial charge on any atom is -0.379 e. The Morgan fingerprint density at radius 3 is 2.73 bits per heavy atom. The number of unbranched alkanes of at least 4 members (excludes halogenated alkanes) is 1. The van der Waals surface area contributed by atoms with E-state index in [9.17, 15) is 4.79 Å². The average Bonchev–Trinajstić information content (AvgIpc) is 2.66. The lowest BCUT2D eigenvalue weighted by molar-refractivity contribution is 0.0302. The molecular weight excluding hydrogens is 350 g/mol. The third-order valence-corrected chi connectivity index (χ3v) is 5.32. The van der Waals surface area contributed by atoms with Crippen molar-refractivity contribution in [2.75, 3.05) is 39.5 Å². The van der Waals surface area contributed by atoms with Gasteiger partial charge in [-0.1, -0.05) is 37.1 Å². The zero-order valence-electron chi connectivity index (χ0n) is 16.1. The molecule has 1 heterocycles. The quantitative estimate of drug-likeness (QED) is 0.417.